The van der Waals surface area contributed by atoms with Gasteiger partial charge in [0, 0.05) is 61.3 Å². The predicted molar refractivity (Wildman–Crippen MR) is 180 cm³/mol. The van der Waals surface area contributed by atoms with Crippen LogP contribution in [-0.4, -0.2) is 92.0 Å². The van der Waals surface area contributed by atoms with Gasteiger partial charge in [-0.05, 0) is 52.0 Å². The van der Waals surface area contributed by atoms with Crippen molar-refractivity contribution in [1.29, 1.82) is 0 Å². The highest BCUT2D eigenvalue weighted by molar-refractivity contribution is 6.34. The van der Waals surface area contributed by atoms with E-state index in [2.05, 4.69) is 20.1 Å². The lowest BCUT2D eigenvalue weighted by atomic mass is 10.0. The molecule has 1 N–H and O–H groups in total. The minimum atomic E-state index is -2.94. The molecule has 2 aromatic heterocycles. The number of halogens is 5. The molecule has 1 fully saturated rings. The molecule has 51 heavy (non-hydrogen) atoms. The average molecular weight is 734 g/mol. The molecule has 1 aliphatic rings. The van der Waals surface area contributed by atoms with Gasteiger partial charge >= 0.3 is 12.7 Å². The number of rotatable bonds is 9. The molecule has 0 saturated carbocycles. The number of hydrogen-bond donors (Lipinski definition) is 1. The van der Waals surface area contributed by atoms with Crippen molar-refractivity contribution in [1.82, 2.24) is 29.1 Å². The summed E-state index contributed by atoms with van der Waals surface area (Å²) in [5.41, 5.74) is 0.414. The summed E-state index contributed by atoms with van der Waals surface area (Å²) < 4.78 is 67.8. The lowest BCUT2D eigenvalue weighted by Crippen LogP contribution is -2.51. The molecule has 0 atom stereocenters. The Morgan fingerprint density at radius 3 is 2.25 bits per heavy atom. The highest BCUT2D eigenvalue weighted by Crippen LogP contribution is 2.33. The van der Waals surface area contributed by atoms with Crippen molar-refractivity contribution in [2.45, 2.75) is 46.5 Å². The number of amides is 3. The Labute approximate surface area is 295 Å². The molecule has 272 valence electrons. The van der Waals surface area contributed by atoms with Gasteiger partial charge in [-0.15, -0.1) is 0 Å². The third-order valence-electron chi connectivity index (χ3n) is 8.17. The lowest BCUT2D eigenvalue weighted by Gasteiger charge is -2.35. The van der Waals surface area contributed by atoms with Gasteiger partial charge in [-0.3, -0.25) is 14.3 Å². The van der Waals surface area contributed by atoms with E-state index < -0.39 is 35.8 Å². The number of hydrogen-bond acceptors (Lipinski definition) is 7. The molecule has 0 aliphatic carbocycles. The number of piperazine rings is 1. The Hall–Kier alpha value is -4.96. The Morgan fingerprint density at radius 2 is 1.61 bits per heavy atom. The van der Waals surface area contributed by atoms with Crippen LogP contribution in [-0.2, 0) is 23.1 Å². The van der Waals surface area contributed by atoms with Gasteiger partial charge in [-0.25, -0.2) is 18.6 Å². The van der Waals surface area contributed by atoms with Gasteiger partial charge in [0.05, 0.1) is 41.8 Å². The van der Waals surface area contributed by atoms with Crippen LogP contribution in [0.2, 0.25) is 5.02 Å². The maximum Gasteiger partial charge on any atom is 0.410 e. The molecule has 0 bridgehead atoms. The first kappa shape index (κ1) is 37.3. The molecule has 1 aliphatic heterocycles. The summed E-state index contributed by atoms with van der Waals surface area (Å²) in [6.45, 7) is 4.84. The smallest absolute Gasteiger partial charge is 0.410 e. The van der Waals surface area contributed by atoms with E-state index in [0.29, 0.717) is 18.8 Å². The van der Waals surface area contributed by atoms with Crippen molar-refractivity contribution in [3.05, 3.63) is 76.5 Å². The van der Waals surface area contributed by atoms with Crippen LogP contribution in [0.15, 0.2) is 42.7 Å². The summed E-state index contributed by atoms with van der Waals surface area (Å²) >= 11 is 6.45. The Morgan fingerprint density at radius 1 is 0.961 bits per heavy atom. The fourth-order valence-electron chi connectivity index (χ4n) is 5.53. The van der Waals surface area contributed by atoms with Gasteiger partial charge in [0.25, 0.3) is 11.8 Å². The molecule has 4 aromatic rings. The number of nitrogens with one attached hydrogen (secondary N) is 1. The number of benzene rings is 2. The summed E-state index contributed by atoms with van der Waals surface area (Å²) in [5, 5.41) is 6.82. The predicted octanol–water partition coefficient (Wildman–Crippen LogP) is 6.38. The van der Waals surface area contributed by atoms with Crippen molar-refractivity contribution >= 4 is 35.2 Å². The molecular weight excluding hydrogens is 698 g/mol. The number of nitrogens with zero attached hydrogens (tertiary/aromatic N) is 6. The number of imidazole rings is 1. The van der Waals surface area contributed by atoms with Gasteiger partial charge in [0.2, 0.25) is 0 Å². The summed E-state index contributed by atoms with van der Waals surface area (Å²) in [6.07, 6.45) is 2.10. The minimum absolute atomic E-state index is 0.0109. The molecule has 2 aromatic carbocycles. The monoisotopic (exact) mass is 733 g/mol. The third kappa shape index (κ3) is 8.34. The SMILES string of the molecule is Cc1c(-c2ccc(-c3cnc(C(=O)Nc4ccc(C(=O)N5CCN(C(=O)OC(C)(C)C)CC5)c(Cl)c4)n3C)c(F)c2F)cnn1CCOC(F)F. The first-order valence-corrected chi connectivity index (χ1v) is 16.2. The van der Waals surface area contributed by atoms with Crippen LogP contribution in [0.25, 0.3) is 22.4 Å². The van der Waals surface area contributed by atoms with E-state index >= 15 is 8.78 Å². The zero-order chi connectivity index (χ0) is 37.2. The number of anilines is 1. The van der Waals surface area contributed by atoms with Crippen LogP contribution in [0.5, 0.6) is 0 Å². The van der Waals surface area contributed by atoms with Crippen LogP contribution < -0.4 is 5.32 Å². The maximum atomic E-state index is 15.5. The van der Waals surface area contributed by atoms with E-state index in [0.717, 1.165) is 0 Å². The van der Waals surface area contributed by atoms with E-state index in [-0.39, 0.29) is 76.6 Å². The van der Waals surface area contributed by atoms with Gasteiger partial charge in [0.15, 0.2) is 17.5 Å². The normalized spacial score (nSPS) is 13.5. The van der Waals surface area contributed by atoms with Crippen molar-refractivity contribution < 1.29 is 41.4 Å². The van der Waals surface area contributed by atoms with Gasteiger partial charge in [-0.2, -0.15) is 13.9 Å². The molecule has 17 heteroatoms. The van der Waals surface area contributed by atoms with Crippen LogP contribution in [0.3, 0.4) is 0 Å². The summed E-state index contributed by atoms with van der Waals surface area (Å²) in [5.74, 6) is -3.47. The van der Waals surface area contributed by atoms with Crippen LogP contribution >= 0.6 is 11.6 Å². The fourth-order valence-corrected chi connectivity index (χ4v) is 5.79. The standard InChI is InChI=1S/C34H36ClF4N7O5/c1-19-24(17-41-46(19)14-15-50-32(38)39)21-8-9-23(28(37)27(21)36)26-18-40-29(43(26)5)30(47)42-20-6-7-22(25(35)16-20)31(48)44-10-12-45(13-11-44)33(49)51-34(2,3)4/h6-9,16-18,32H,10-15H2,1-5H3,(H,42,47). The molecule has 1 saturated heterocycles. The molecule has 0 unspecified atom stereocenters. The van der Waals surface area contributed by atoms with E-state index in [1.807, 2.05) is 0 Å². The first-order valence-electron chi connectivity index (χ1n) is 15.9. The number of aromatic nitrogens is 4. The van der Waals surface area contributed by atoms with Crippen molar-refractivity contribution in [2.75, 3.05) is 38.1 Å². The number of ether oxygens (including phenoxy) is 2. The molecule has 12 nitrogen and oxygen atoms in total. The Kier molecular flexibility index (Phi) is 11.0. The van der Waals surface area contributed by atoms with E-state index in [4.69, 9.17) is 16.3 Å². The second-order valence-electron chi connectivity index (χ2n) is 12.7. The number of carbonyl (C=O) groups excluding carboxylic acids is 3. The minimum Gasteiger partial charge on any atom is -0.444 e. The quantitative estimate of drug-likeness (QED) is 0.198. The molecule has 0 spiro atoms. The molecular formula is C34H36ClF4N7O5. The Balaban J connectivity index is 1.25. The highest BCUT2D eigenvalue weighted by atomic mass is 35.5. The molecule has 5 rings (SSSR count). The summed E-state index contributed by atoms with van der Waals surface area (Å²) in [4.78, 5) is 46.0. The zero-order valence-corrected chi connectivity index (χ0v) is 29.2. The van der Waals surface area contributed by atoms with Crippen molar-refractivity contribution in [3.63, 3.8) is 0 Å². The zero-order valence-electron chi connectivity index (χ0n) is 28.5. The van der Waals surface area contributed by atoms with Crippen molar-refractivity contribution in [2.24, 2.45) is 7.05 Å². The lowest BCUT2D eigenvalue weighted by molar-refractivity contribution is -0.130. The largest absolute Gasteiger partial charge is 0.444 e. The van der Waals surface area contributed by atoms with Crippen LogP contribution in [0, 0.1) is 18.6 Å². The van der Waals surface area contributed by atoms with E-state index in [1.54, 1.807) is 32.6 Å². The van der Waals surface area contributed by atoms with Crippen LogP contribution in [0.4, 0.5) is 28.0 Å². The van der Waals surface area contributed by atoms with Crippen LogP contribution in [0.1, 0.15) is 47.4 Å². The van der Waals surface area contributed by atoms with E-state index in [9.17, 15) is 23.2 Å². The second kappa shape index (κ2) is 15.1. The van der Waals surface area contributed by atoms with Gasteiger partial charge in [-0.1, -0.05) is 17.7 Å². The van der Waals surface area contributed by atoms with E-state index in [1.165, 1.54) is 63.9 Å². The maximum absolute atomic E-state index is 15.5. The van der Waals surface area contributed by atoms with Gasteiger partial charge < -0.3 is 29.2 Å². The van der Waals surface area contributed by atoms with Crippen molar-refractivity contribution in [3.8, 4) is 22.4 Å². The average Bonchev–Trinajstić information content (AvgIpc) is 3.63. The highest BCUT2D eigenvalue weighted by Gasteiger charge is 2.29. The second-order valence-corrected chi connectivity index (χ2v) is 13.1. The summed E-state index contributed by atoms with van der Waals surface area (Å²) in [6, 6.07) is 7.10. The van der Waals surface area contributed by atoms with Gasteiger partial charge in [0.1, 0.15) is 5.60 Å². The number of alkyl halides is 2. The Bertz CT molecular complexity index is 1950. The topological polar surface area (TPSA) is 124 Å². The first-order chi connectivity index (χ1) is 24.1. The third-order valence-corrected chi connectivity index (χ3v) is 8.48. The molecule has 3 heterocycles. The summed E-state index contributed by atoms with van der Waals surface area (Å²) in [7, 11) is 1.47. The molecule has 3 amide bonds. The molecule has 0 radical (unpaired) electrons. The fraction of sp³-hybridized carbons (Fsp3) is 0.382. The number of carbonyl (C=O) groups is 3.